The molecule has 1 aromatic carbocycles. The Morgan fingerprint density at radius 1 is 1.33 bits per heavy atom. The fraction of sp³-hybridized carbons (Fsp3) is 0.500. The second-order valence-corrected chi connectivity index (χ2v) is 5.69. The van der Waals surface area contributed by atoms with Gasteiger partial charge in [0.2, 0.25) is 0 Å². The van der Waals surface area contributed by atoms with Gasteiger partial charge >= 0.3 is 0 Å². The summed E-state index contributed by atoms with van der Waals surface area (Å²) in [5.74, 6) is 2.70. The normalized spacial score (nSPS) is 29.4. The zero-order valence-electron chi connectivity index (χ0n) is 10.8. The third kappa shape index (κ3) is 2.12. The molecule has 2 heteroatoms. The van der Waals surface area contributed by atoms with E-state index >= 15 is 0 Å². The molecule has 3 rings (SSSR count). The van der Waals surface area contributed by atoms with Crippen LogP contribution in [0.3, 0.4) is 0 Å². The van der Waals surface area contributed by atoms with Crippen LogP contribution in [0, 0.1) is 11.8 Å². The molecule has 0 heterocycles. The quantitative estimate of drug-likeness (QED) is 0.648. The Kier molecular flexibility index (Phi) is 3.02. The first kappa shape index (κ1) is 11.6. The van der Waals surface area contributed by atoms with E-state index in [-0.39, 0.29) is 0 Å². The highest BCUT2D eigenvalue weighted by molar-refractivity contribution is 5.48. The van der Waals surface area contributed by atoms with Crippen LogP contribution in [0.25, 0.3) is 0 Å². The van der Waals surface area contributed by atoms with E-state index < -0.39 is 0 Å². The molecule has 2 fully saturated rings. The van der Waals surface area contributed by atoms with Crippen molar-refractivity contribution >= 4 is 5.69 Å². The van der Waals surface area contributed by atoms with Gasteiger partial charge in [0, 0.05) is 5.69 Å². The number of rotatable bonds is 4. The van der Waals surface area contributed by atoms with Crippen LogP contribution < -0.4 is 10.5 Å². The number of hydrogen-bond donors (Lipinski definition) is 1. The van der Waals surface area contributed by atoms with Crippen molar-refractivity contribution in [2.75, 3.05) is 5.73 Å². The van der Waals surface area contributed by atoms with Gasteiger partial charge in [-0.1, -0.05) is 6.08 Å². The van der Waals surface area contributed by atoms with E-state index in [0.29, 0.717) is 6.10 Å². The number of anilines is 1. The highest BCUT2D eigenvalue weighted by atomic mass is 16.5. The lowest BCUT2D eigenvalue weighted by Gasteiger charge is -2.24. The molecule has 0 radical (unpaired) electrons. The molecule has 96 valence electrons. The Hall–Kier alpha value is -1.44. The summed E-state index contributed by atoms with van der Waals surface area (Å²) in [6.07, 6.45) is 8.52. The van der Waals surface area contributed by atoms with Gasteiger partial charge in [-0.05, 0) is 67.7 Å². The third-order valence-electron chi connectivity index (χ3n) is 4.40. The third-order valence-corrected chi connectivity index (χ3v) is 4.40. The predicted molar refractivity (Wildman–Crippen MR) is 74.6 cm³/mol. The second-order valence-electron chi connectivity index (χ2n) is 5.69. The van der Waals surface area contributed by atoms with Gasteiger partial charge in [-0.3, -0.25) is 0 Å². The maximum absolute atomic E-state index is 6.24. The lowest BCUT2D eigenvalue weighted by molar-refractivity contribution is 0.137. The SMILES string of the molecule is C=CCc1cc(N)ccc1OC1CC2CCC1C2. The molecule has 2 saturated carbocycles. The smallest absolute Gasteiger partial charge is 0.123 e. The summed E-state index contributed by atoms with van der Waals surface area (Å²) in [5, 5.41) is 0. The molecule has 0 saturated heterocycles. The molecule has 0 aromatic heterocycles. The number of nitrogen functional groups attached to an aromatic ring is 1. The number of nitrogens with two attached hydrogens (primary N) is 1. The molecule has 3 unspecified atom stereocenters. The second kappa shape index (κ2) is 4.68. The van der Waals surface area contributed by atoms with Gasteiger partial charge in [0.05, 0.1) is 0 Å². The van der Waals surface area contributed by atoms with Crippen LogP contribution in [0.4, 0.5) is 5.69 Å². The molecule has 2 bridgehead atoms. The van der Waals surface area contributed by atoms with Crippen molar-refractivity contribution in [1.82, 2.24) is 0 Å². The van der Waals surface area contributed by atoms with Crippen LogP contribution in [0.15, 0.2) is 30.9 Å². The molecule has 2 N–H and O–H groups in total. The number of ether oxygens (including phenoxy) is 1. The summed E-state index contributed by atoms with van der Waals surface area (Å²) in [6, 6.07) is 5.94. The monoisotopic (exact) mass is 243 g/mol. The first-order valence-electron chi connectivity index (χ1n) is 6.92. The lowest BCUT2D eigenvalue weighted by Crippen LogP contribution is -2.23. The van der Waals surface area contributed by atoms with Crippen molar-refractivity contribution in [3.05, 3.63) is 36.4 Å². The number of benzene rings is 1. The molecule has 0 amide bonds. The van der Waals surface area contributed by atoms with Crippen molar-refractivity contribution < 1.29 is 4.74 Å². The summed E-state index contributed by atoms with van der Waals surface area (Å²) in [7, 11) is 0. The maximum atomic E-state index is 6.24. The van der Waals surface area contributed by atoms with Gasteiger partial charge in [0.1, 0.15) is 11.9 Å². The molecular weight excluding hydrogens is 222 g/mol. The number of hydrogen-bond acceptors (Lipinski definition) is 2. The van der Waals surface area contributed by atoms with Crippen LogP contribution in [0.5, 0.6) is 5.75 Å². The van der Waals surface area contributed by atoms with E-state index in [1.54, 1.807) is 0 Å². The zero-order chi connectivity index (χ0) is 12.5. The van der Waals surface area contributed by atoms with Gasteiger partial charge in [0.15, 0.2) is 0 Å². The van der Waals surface area contributed by atoms with Crippen molar-refractivity contribution in [1.29, 1.82) is 0 Å². The molecule has 0 spiro atoms. The van der Waals surface area contributed by atoms with E-state index in [1.807, 2.05) is 24.3 Å². The highest BCUT2D eigenvalue weighted by Crippen LogP contribution is 2.46. The fourth-order valence-electron chi connectivity index (χ4n) is 3.52. The average Bonchev–Trinajstić information content (AvgIpc) is 2.95. The van der Waals surface area contributed by atoms with E-state index in [9.17, 15) is 0 Å². The Bertz CT molecular complexity index is 454. The van der Waals surface area contributed by atoms with Crippen molar-refractivity contribution in [3.8, 4) is 5.75 Å². The van der Waals surface area contributed by atoms with Crippen molar-refractivity contribution in [3.63, 3.8) is 0 Å². The Labute approximate surface area is 109 Å². The van der Waals surface area contributed by atoms with Gasteiger partial charge in [-0.25, -0.2) is 0 Å². The summed E-state index contributed by atoms with van der Waals surface area (Å²) < 4.78 is 6.24. The number of fused-ring (bicyclic) bond motifs is 2. The summed E-state index contributed by atoms with van der Waals surface area (Å²) >= 11 is 0. The van der Waals surface area contributed by atoms with Gasteiger partial charge in [-0.2, -0.15) is 0 Å². The Balaban J connectivity index is 1.77. The maximum Gasteiger partial charge on any atom is 0.123 e. The molecule has 2 aliphatic carbocycles. The van der Waals surface area contributed by atoms with Crippen molar-refractivity contribution in [2.24, 2.45) is 11.8 Å². The Morgan fingerprint density at radius 3 is 2.89 bits per heavy atom. The first-order chi connectivity index (χ1) is 8.76. The van der Waals surface area contributed by atoms with Crippen LogP contribution in [0.2, 0.25) is 0 Å². The average molecular weight is 243 g/mol. The summed E-state index contributed by atoms with van der Waals surface area (Å²) in [4.78, 5) is 0. The molecule has 2 aliphatic rings. The van der Waals surface area contributed by atoms with Crippen LogP contribution in [-0.4, -0.2) is 6.10 Å². The van der Waals surface area contributed by atoms with E-state index in [2.05, 4.69) is 6.58 Å². The molecule has 3 atom stereocenters. The lowest BCUT2D eigenvalue weighted by atomic mass is 9.97. The standard InChI is InChI=1S/C16H21NO/c1-2-3-12-10-14(17)6-7-15(12)18-16-9-11-4-5-13(16)8-11/h2,6-7,10-11,13,16H,1,3-5,8-9,17H2. The summed E-state index contributed by atoms with van der Waals surface area (Å²) in [6.45, 7) is 3.80. The predicted octanol–water partition coefficient (Wildman–Crippen LogP) is 3.56. The van der Waals surface area contributed by atoms with E-state index in [0.717, 1.165) is 35.3 Å². The first-order valence-corrected chi connectivity index (χ1v) is 6.92. The molecule has 0 aliphatic heterocycles. The van der Waals surface area contributed by atoms with Gasteiger partial charge < -0.3 is 10.5 Å². The fourth-order valence-corrected chi connectivity index (χ4v) is 3.52. The molecule has 1 aromatic rings. The molecule has 18 heavy (non-hydrogen) atoms. The molecular formula is C16H21NO. The number of allylic oxidation sites excluding steroid dienone is 1. The highest BCUT2D eigenvalue weighted by Gasteiger charge is 2.41. The van der Waals surface area contributed by atoms with E-state index in [4.69, 9.17) is 10.5 Å². The topological polar surface area (TPSA) is 35.2 Å². The minimum atomic E-state index is 0.427. The zero-order valence-corrected chi connectivity index (χ0v) is 10.8. The largest absolute Gasteiger partial charge is 0.490 e. The van der Waals surface area contributed by atoms with Crippen molar-refractivity contribution in [2.45, 2.75) is 38.2 Å². The minimum Gasteiger partial charge on any atom is -0.490 e. The van der Waals surface area contributed by atoms with Gasteiger partial charge in [0.25, 0.3) is 0 Å². The van der Waals surface area contributed by atoms with Gasteiger partial charge in [-0.15, -0.1) is 6.58 Å². The minimum absolute atomic E-state index is 0.427. The Morgan fingerprint density at radius 2 is 2.22 bits per heavy atom. The van der Waals surface area contributed by atoms with Crippen LogP contribution >= 0.6 is 0 Å². The molecule has 2 nitrogen and oxygen atoms in total. The van der Waals surface area contributed by atoms with Crippen LogP contribution in [0.1, 0.15) is 31.2 Å². The van der Waals surface area contributed by atoms with Crippen LogP contribution in [-0.2, 0) is 6.42 Å². The van der Waals surface area contributed by atoms with E-state index in [1.165, 1.54) is 25.7 Å². The summed E-state index contributed by atoms with van der Waals surface area (Å²) in [5.41, 5.74) is 7.79.